The third-order valence-corrected chi connectivity index (χ3v) is 4.98. The lowest BCUT2D eigenvalue weighted by Crippen LogP contribution is -2.67. The molecule has 3 unspecified atom stereocenters. The summed E-state index contributed by atoms with van der Waals surface area (Å²) >= 11 is 0. The van der Waals surface area contributed by atoms with Gasteiger partial charge in [0, 0.05) is 56.6 Å². The van der Waals surface area contributed by atoms with E-state index in [1.165, 1.54) is 52.1 Å². The minimum absolute atomic E-state index is 0.543. The molecule has 0 aromatic rings. The Hall–Kier alpha value is -0.120. The summed E-state index contributed by atoms with van der Waals surface area (Å²) in [5, 5.41) is 3.65. The van der Waals surface area contributed by atoms with Crippen molar-refractivity contribution >= 4 is 0 Å². The average molecular weight is 223 g/mol. The highest BCUT2D eigenvalue weighted by Crippen LogP contribution is 2.43. The molecule has 4 rings (SSSR count). The first-order valence-electron chi connectivity index (χ1n) is 6.89. The lowest BCUT2D eigenvalue weighted by atomic mass is 9.66. The van der Waals surface area contributed by atoms with Crippen molar-refractivity contribution in [1.29, 1.82) is 0 Å². The van der Waals surface area contributed by atoms with Gasteiger partial charge < -0.3 is 15.1 Å². The Bertz CT molecular complexity index is 250. The fourth-order valence-corrected chi connectivity index (χ4v) is 4.68. The predicted molar refractivity (Wildman–Crippen MR) is 66.6 cm³/mol. The third kappa shape index (κ3) is 1.52. The first-order chi connectivity index (χ1) is 7.77. The average Bonchev–Trinajstić information content (AvgIpc) is 2.47. The largest absolute Gasteiger partial charge is 0.316 e. The molecular formula is C13H25N3. The SMILES string of the molecule is CCCC12CN3CCN(CC(C3)C1NC)C2. The normalized spacial score (nSPS) is 50.6. The molecule has 0 aromatic carbocycles. The van der Waals surface area contributed by atoms with Crippen molar-refractivity contribution in [3.05, 3.63) is 0 Å². The van der Waals surface area contributed by atoms with Crippen LogP contribution in [0.3, 0.4) is 0 Å². The molecule has 4 fully saturated rings. The molecule has 4 bridgehead atoms. The molecule has 4 aliphatic heterocycles. The van der Waals surface area contributed by atoms with E-state index in [9.17, 15) is 0 Å². The lowest BCUT2D eigenvalue weighted by Gasteiger charge is -2.55. The lowest BCUT2D eigenvalue weighted by molar-refractivity contribution is -0.0349. The zero-order chi connectivity index (χ0) is 11.2. The van der Waals surface area contributed by atoms with Gasteiger partial charge in [0.25, 0.3) is 0 Å². The summed E-state index contributed by atoms with van der Waals surface area (Å²) in [4.78, 5) is 5.45. The van der Waals surface area contributed by atoms with Crippen molar-refractivity contribution in [2.24, 2.45) is 11.3 Å². The second-order valence-corrected chi connectivity index (χ2v) is 6.11. The van der Waals surface area contributed by atoms with Crippen LogP contribution in [-0.2, 0) is 0 Å². The van der Waals surface area contributed by atoms with E-state index in [-0.39, 0.29) is 0 Å². The number of piperidine rings is 2. The summed E-state index contributed by atoms with van der Waals surface area (Å²) in [5.41, 5.74) is 0.543. The van der Waals surface area contributed by atoms with Crippen molar-refractivity contribution in [2.45, 2.75) is 25.8 Å². The number of hydrogen-bond acceptors (Lipinski definition) is 3. The summed E-state index contributed by atoms with van der Waals surface area (Å²) < 4.78 is 0. The second-order valence-electron chi connectivity index (χ2n) is 6.11. The van der Waals surface area contributed by atoms with Gasteiger partial charge in [-0.25, -0.2) is 0 Å². The molecule has 16 heavy (non-hydrogen) atoms. The fraction of sp³-hybridized carbons (Fsp3) is 1.00. The van der Waals surface area contributed by atoms with Crippen LogP contribution in [0.5, 0.6) is 0 Å². The fourth-order valence-electron chi connectivity index (χ4n) is 4.68. The highest BCUT2D eigenvalue weighted by Gasteiger charge is 2.52. The molecule has 0 amide bonds. The van der Waals surface area contributed by atoms with Gasteiger partial charge in [-0.3, -0.25) is 0 Å². The van der Waals surface area contributed by atoms with E-state index in [1.54, 1.807) is 0 Å². The van der Waals surface area contributed by atoms with Gasteiger partial charge in [-0.05, 0) is 13.5 Å². The Morgan fingerprint density at radius 1 is 1.19 bits per heavy atom. The van der Waals surface area contributed by atoms with E-state index in [0.717, 1.165) is 12.0 Å². The maximum Gasteiger partial charge on any atom is 0.0198 e. The summed E-state index contributed by atoms with van der Waals surface area (Å²) in [5.74, 6) is 0.863. The molecule has 4 aliphatic rings. The maximum absolute atomic E-state index is 3.65. The monoisotopic (exact) mass is 223 g/mol. The van der Waals surface area contributed by atoms with Gasteiger partial charge in [0.05, 0.1) is 0 Å². The second kappa shape index (κ2) is 3.97. The van der Waals surface area contributed by atoms with Crippen molar-refractivity contribution in [2.75, 3.05) is 46.3 Å². The van der Waals surface area contributed by atoms with E-state index in [4.69, 9.17) is 0 Å². The van der Waals surface area contributed by atoms with Crippen LogP contribution in [0.4, 0.5) is 0 Å². The van der Waals surface area contributed by atoms with E-state index < -0.39 is 0 Å². The summed E-state index contributed by atoms with van der Waals surface area (Å²) in [6, 6.07) is 0.762. The Balaban J connectivity index is 1.92. The quantitative estimate of drug-likeness (QED) is 0.757. The highest BCUT2D eigenvalue weighted by atomic mass is 15.3. The summed E-state index contributed by atoms with van der Waals surface area (Å²) in [7, 11) is 2.17. The number of rotatable bonds is 3. The summed E-state index contributed by atoms with van der Waals surface area (Å²) in [6.45, 7) is 10.3. The van der Waals surface area contributed by atoms with Crippen LogP contribution < -0.4 is 5.32 Å². The van der Waals surface area contributed by atoms with Crippen molar-refractivity contribution < 1.29 is 0 Å². The van der Waals surface area contributed by atoms with Gasteiger partial charge in [0.2, 0.25) is 0 Å². The van der Waals surface area contributed by atoms with Crippen molar-refractivity contribution in [3.8, 4) is 0 Å². The predicted octanol–water partition coefficient (Wildman–Crippen LogP) is 0.622. The van der Waals surface area contributed by atoms with Crippen LogP contribution in [0.15, 0.2) is 0 Å². The van der Waals surface area contributed by atoms with Crippen LogP contribution in [0.2, 0.25) is 0 Å². The highest BCUT2D eigenvalue weighted by molar-refractivity contribution is 5.08. The molecule has 0 saturated carbocycles. The number of nitrogens with one attached hydrogen (secondary N) is 1. The third-order valence-electron chi connectivity index (χ3n) is 4.98. The standard InChI is InChI=1S/C13H25N3/c1-3-4-13-9-15-5-6-16(10-13)8-11(7-15)12(13)14-2/h11-12,14H,3-10H2,1-2H3. The Morgan fingerprint density at radius 2 is 1.81 bits per heavy atom. The zero-order valence-electron chi connectivity index (χ0n) is 10.7. The van der Waals surface area contributed by atoms with Crippen LogP contribution in [-0.4, -0.2) is 62.2 Å². The van der Waals surface area contributed by atoms with Crippen LogP contribution in [0.1, 0.15) is 19.8 Å². The molecule has 4 heterocycles. The topological polar surface area (TPSA) is 18.5 Å². The van der Waals surface area contributed by atoms with Gasteiger partial charge in [-0.2, -0.15) is 0 Å². The zero-order valence-corrected chi connectivity index (χ0v) is 10.7. The van der Waals surface area contributed by atoms with Gasteiger partial charge in [-0.1, -0.05) is 13.3 Å². The first-order valence-corrected chi connectivity index (χ1v) is 6.89. The molecule has 0 spiro atoms. The number of hydrogen-bond donors (Lipinski definition) is 1. The first kappa shape index (κ1) is 11.0. The molecule has 4 saturated heterocycles. The van der Waals surface area contributed by atoms with Gasteiger partial charge in [0.1, 0.15) is 0 Å². The van der Waals surface area contributed by atoms with E-state index in [0.29, 0.717) is 5.41 Å². The molecule has 0 radical (unpaired) electrons. The smallest absolute Gasteiger partial charge is 0.0198 e. The van der Waals surface area contributed by atoms with Crippen LogP contribution in [0.25, 0.3) is 0 Å². The van der Waals surface area contributed by atoms with Crippen LogP contribution in [0, 0.1) is 11.3 Å². The van der Waals surface area contributed by atoms with Gasteiger partial charge in [-0.15, -0.1) is 0 Å². The number of nitrogens with zero attached hydrogens (tertiary/aromatic N) is 2. The molecular weight excluding hydrogens is 198 g/mol. The van der Waals surface area contributed by atoms with Gasteiger partial charge in [0.15, 0.2) is 0 Å². The van der Waals surface area contributed by atoms with E-state index >= 15 is 0 Å². The Morgan fingerprint density at radius 3 is 2.31 bits per heavy atom. The Labute approximate surface area is 99.2 Å². The van der Waals surface area contributed by atoms with Crippen LogP contribution >= 0.6 is 0 Å². The Kier molecular flexibility index (Phi) is 2.73. The van der Waals surface area contributed by atoms with E-state index in [1.807, 2.05) is 0 Å². The molecule has 0 aromatic heterocycles. The molecule has 0 aliphatic carbocycles. The van der Waals surface area contributed by atoms with Gasteiger partial charge >= 0.3 is 0 Å². The summed E-state index contributed by atoms with van der Waals surface area (Å²) in [6.07, 6.45) is 2.72. The van der Waals surface area contributed by atoms with Crippen molar-refractivity contribution in [3.63, 3.8) is 0 Å². The molecule has 3 atom stereocenters. The minimum atomic E-state index is 0.543. The molecule has 1 N–H and O–H groups in total. The van der Waals surface area contributed by atoms with Crippen molar-refractivity contribution in [1.82, 2.24) is 15.1 Å². The minimum Gasteiger partial charge on any atom is -0.316 e. The molecule has 3 heteroatoms. The molecule has 92 valence electrons. The number of fused-ring (bicyclic) bond motifs is 1. The molecule has 3 nitrogen and oxygen atoms in total. The maximum atomic E-state index is 3.65. The van der Waals surface area contributed by atoms with E-state index in [2.05, 4.69) is 29.1 Å².